The van der Waals surface area contributed by atoms with E-state index in [1.165, 1.54) is 4.90 Å². The highest BCUT2D eigenvalue weighted by atomic mass is 79.9. The number of hydrogen-bond donors (Lipinski definition) is 1. The molecule has 25 heavy (non-hydrogen) atoms. The Hall–Kier alpha value is -1.40. The van der Waals surface area contributed by atoms with Gasteiger partial charge in [-0.25, -0.2) is 4.79 Å². The molecule has 0 radical (unpaired) electrons. The minimum Gasteiger partial charge on any atom is -0.458 e. The summed E-state index contributed by atoms with van der Waals surface area (Å²) >= 11 is 3.40. The first kappa shape index (κ1) is 21.6. The second-order valence-electron chi connectivity index (χ2n) is 7.67. The van der Waals surface area contributed by atoms with Crippen LogP contribution in [-0.4, -0.2) is 48.1 Å². The van der Waals surface area contributed by atoms with E-state index in [9.17, 15) is 9.59 Å². The number of hydrogen-bond acceptors (Lipinski definition) is 4. The minimum absolute atomic E-state index is 0.164. The molecule has 0 bridgehead atoms. The maximum atomic E-state index is 12.8. The molecule has 0 fully saturated rings. The molecule has 6 heteroatoms. The van der Waals surface area contributed by atoms with Crippen LogP contribution in [0.1, 0.15) is 40.2 Å². The Morgan fingerprint density at radius 2 is 1.68 bits per heavy atom. The van der Waals surface area contributed by atoms with Crippen LogP contribution in [0, 0.1) is 0 Å². The molecule has 1 aromatic carbocycles. The summed E-state index contributed by atoms with van der Waals surface area (Å²) in [6.07, 6.45) is 0.393. The lowest BCUT2D eigenvalue weighted by molar-refractivity contribution is -0.165. The lowest BCUT2D eigenvalue weighted by atomic mass is 9.99. The first-order valence-electron chi connectivity index (χ1n) is 8.31. The number of likely N-dealkylation sites (N-methyl/N-ethyl adjacent to an activating group) is 2. The molecule has 1 N–H and O–H groups in total. The molecule has 140 valence electrons. The minimum atomic E-state index is -0.769. The Morgan fingerprint density at radius 3 is 2.12 bits per heavy atom. The number of rotatable bonds is 6. The zero-order valence-electron chi connectivity index (χ0n) is 16.1. The molecule has 0 saturated carbocycles. The van der Waals surface area contributed by atoms with Gasteiger partial charge in [0, 0.05) is 17.9 Å². The predicted octanol–water partition coefficient (Wildman–Crippen LogP) is 3.16. The molecule has 1 amide bonds. The smallest absolute Gasteiger partial charge is 0.329 e. The van der Waals surface area contributed by atoms with Crippen LogP contribution in [0.5, 0.6) is 0 Å². The number of halogens is 1. The Kier molecular flexibility index (Phi) is 7.20. The fourth-order valence-electron chi connectivity index (χ4n) is 2.28. The van der Waals surface area contributed by atoms with Crippen LogP contribution in [-0.2, 0) is 20.7 Å². The normalized spacial score (nSPS) is 13.3. The lowest BCUT2D eigenvalue weighted by Gasteiger charge is -2.35. The SMILES string of the molecule is CNC(C)(C)C(=O)N(C)C(Cc1ccc(Br)cc1)C(=O)OC(C)(C)C. The van der Waals surface area contributed by atoms with E-state index in [1.54, 1.807) is 27.9 Å². The van der Waals surface area contributed by atoms with E-state index in [1.807, 2.05) is 45.0 Å². The summed E-state index contributed by atoms with van der Waals surface area (Å²) in [5.41, 5.74) is -0.424. The van der Waals surface area contributed by atoms with E-state index >= 15 is 0 Å². The molecule has 0 aliphatic rings. The van der Waals surface area contributed by atoms with E-state index < -0.39 is 23.2 Å². The summed E-state index contributed by atoms with van der Waals surface area (Å²) in [4.78, 5) is 27.0. The van der Waals surface area contributed by atoms with Crippen molar-refractivity contribution in [1.82, 2.24) is 10.2 Å². The number of carbonyl (C=O) groups excluding carboxylic acids is 2. The highest BCUT2D eigenvalue weighted by Gasteiger charge is 2.37. The maximum absolute atomic E-state index is 12.8. The Morgan fingerprint density at radius 1 is 1.16 bits per heavy atom. The highest BCUT2D eigenvalue weighted by Crippen LogP contribution is 2.19. The van der Waals surface area contributed by atoms with Crippen molar-refractivity contribution in [3.05, 3.63) is 34.3 Å². The van der Waals surface area contributed by atoms with E-state index in [0.717, 1.165) is 10.0 Å². The molecule has 0 heterocycles. The van der Waals surface area contributed by atoms with Gasteiger partial charge in [0.1, 0.15) is 11.6 Å². The van der Waals surface area contributed by atoms with E-state index in [4.69, 9.17) is 4.74 Å². The van der Waals surface area contributed by atoms with Crippen molar-refractivity contribution in [1.29, 1.82) is 0 Å². The third kappa shape index (κ3) is 6.44. The Balaban J connectivity index is 3.11. The number of amides is 1. The second-order valence-corrected chi connectivity index (χ2v) is 8.59. The average molecular weight is 413 g/mol. The van der Waals surface area contributed by atoms with Crippen molar-refractivity contribution >= 4 is 27.8 Å². The fraction of sp³-hybridized carbons (Fsp3) is 0.579. The molecular formula is C19H29BrN2O3. The Bertz CT molecular complexity index is 606. The average Bonchev–Trinajstić information content (AvgIpc) is 2.51. The van der Waals surface area contributed by atoms with Gasteiger partial charge in [0.05, 0.1) is 5.54 Å². The summed E-state index contributed by atoms with van der Waals surface area (Å²) in [5, 5.41) is 2.99. The highest BCUT2D eigenvalue weighted by molar-refractivity contribution is 9.10. The van der Waals surface area contributed by atoms with Gasteiger partial charge in [-0.1, -0.05) is 28.1 Å². The van der Waals surface area contributed by atoms with Crippen molar-refractivity contribution in [2.45, 2.75) is 58.2 Å². The fourth-order valence-corrected chi connectivity index (χ4v) is 2.55. The van der Waals surface area contributed by atoms with Crippen molar-refractivity contribution in [2.24, 2.45) is 0 Å². The predicted molar refractivity (Wildman–Crippen MR) is 103 cm³/mol. The standard InChI is InChI=1S/C19H29BrN2O3/c1-18(2,3)25-16(23)15(12-13-8-10-14(20)11-9-13)22(7)17(24)19(4,5)21-6/h8-11,15,21H,12H2,1-7H3. The third-order valence-electron chi connectivity index (χ3n) is 3.97. The number of nitrogens with zero attached hydrogens (tertiary/aromatic N) is 1. The number of esters is 1. The van der Waals surface area contributed by atoms with Crippen LogP contribution < -0.4 is 5.32 Å². The molecule has 1 rings (SSSR count). The van der Waals surface area contributed by atoms with E-state index in [0.29, 0.717) is 6.42 Å². The second kappa shape index (κ2) is 8.32. The van der Waals surface area contributed by atoms with Crippen molar-refractivity contribution in [3.8, 4) is 0 Å². The number of nitrogens with one attached hydrogen (secondary N) is 1. The molecule has 5 nitrogen and oxygen atoms in total. The van der Waals surface area contributed by atoms with E-state index in [-0.39, 0.29) is 5.91 Å². The monoisotopic (exact) mass is 412 g/mol. The topological polar surface area (TPSA) is 58.6 Å². The Labute approximate surface area is 159 Å². The summed E-state index contributed by atoms with van der Waals surface area (Å²) in [7, 11) is 3.37. The van der Waals surface area contributed by atoms with Gasteiger partial charge in [-0.3, -0.25) is 4.79 Å². The maximum Gasteiger partial charge on any atom is 0.329 e. The largest absolute Gasteiger partial charge is 0.458 e. The van der Waals surface area contributed by atoms with Crippen LogP contribution in [0.15, 0.2) is 28.7 Å². The first-order valence-corrected chi connectivity index (χ1v) is 9.10. The van der Waals surface area contributed by atoms with Crippen LogP contribution in [0.4, 0.5) is 0 Å². The number of benzene rings is 1. The van der Waals surface area contributed by atoms with Gasteiger partial charge in [-0.15, -0.1) is 0 Å². The van der Waals surface area contributed by atoms with Gasteiger partial charge in [-0.2, -0.15) is 0 Å². The molecule has 1 atom stereocenters. The van der Waals surface area contributed by atoms with Crippen LogP contribution in [0.25, 0.3) is 0 Å². The van der Waals surface area contributed by atoms with Crippen LogP contribution >= 0.6 is 15.9 Å². The molecule has 0 aliphatic heterocycles. The molecule has 1 aromatic rings. The van der Waals surface area contributed by atoms with Gasteiger partial charge >= 0.3 is 5.97 Å². The lowest BCUT2D eigenvalue weighted by Crippen LogP contribution is -2.57. The molecular weight excluding hydrogens is 384 g/mol. The summed E-state index contributed by atoms with van der Waals surface area (Å²) < 4.78 is 6.51. The zero-order chi connectivity index (χ0) is 19.4. The van der Waals surface area contributed by atoms with Gasteiger partial charge in [0.15, 0.2) is 0 Å². The van der Waals surface area contributed by atoms with Gasteiger partial charge in [-0.05, 0) is 59.4 Å². The van der Waals surface area contributed by atoms with E-state index in [2.05, 4.69) is 21.2 Å². The van der Waals surface area contributed by atoms with Gasteiger partial charge in [0.25, 0.3) is 0 Å². The molecule has 0 saturated heterocycles. The molecule has 0 spiro atoms. The summed E-state index contributed by atoms with van der Waals surface area (Å²) in [6, 6.07) is 7.01. The number of ether oxygens (including phenoxy) is 1. The van der Waals surface area contributed by atoms with Gasteiger partial charge < -0.3 is 15.0 Å². The summed E-state index contributed by atoms with van der Waals surface area (Å²) in [5.74, 6) is -0.568. The van der Waals surface area contributed by atoms with Crippen molar-refractivity contribution in [2.75, 3.05) is 14.1 Å². The zero-order valence-corrected chi connectivity index (χ0v) is 17.7. The molecule has 0 aromatic heterocycles. The quantitative estimate of drug-likeness (QED) is 0.728. The first-order chi connectivity index (χ1) is 11.4. The third-order valence-corrected chi connectivity index (χ3v) is 4.50. The van der Waals surface area contributed by atoms with Gasteiger partial charge in [0.2, 0.25) is 5.91 Å². The van der Waals surface area contributed by atoms with Crippen LogP contribution in [0.2, 0.25) is 0 Å². The molecule has 0 aliphatic carbocycles. The van der Waals surface area contributed by atoms with Crippen molar-refractivity contribution < 1.29 is 14.3 Å². The number of carbonyl (C=O) groups is 2. The molecule has 1 unspecified atom stereocenters. The summed E-state index contributed by atoms with van der Waals surface area (Å²) in [6.45, 7) is 9.04. The van der Waals surface area contributed by atoms with Crippen molar-refractivity contribution in [3.63, 3.8) is 0 Å². The van der Waals surface area contributed by atoms with Crippen LogP contribution in [0.3, 0.4) is 0 Å².